The number of aromatic nitrogens is 1. The van der Waals surface area contributed by atoms with Crippen molar-refractivity contribution in [2.75, 3.05) is 5.73 Å². The fraction of sp³-hybridized carbons (Fsp3) is 0.727. The monoisotopic (exact) mass is 192 g/mol. The molecular weight excluding hydrogens is 176 g/mol. The molecule has 14 heavy (non-hydrogen) atoms. The van der Waals surface area contributed by atoms with Gasteiger partial charge in [-0.1, -0.05) is 11.6 Å². The van der Waals surface area contributed by atoms with Gasteiger partial charge in [-0.3, -0.25) is 0 Å². The van der Waals surface area contributed by atoms with E-state index in [4.69, 9.17) is 10.3 Å². The lowest BCUT2D eigenvalue weighted by Crippen LogP contribution is -2.41. The van der Waals surface area contributed by atoms with Gasteiger partial charge < -0.3 is 10.3 Å². The topological polar surface area (TPSA) is 52.0 Å². The summed E-state index contributed by atoms with van der Waals surface area (Å²) in [5.74, 6) is 2.20. The fourth-order valence-corrected chi connectivity index (χ4v) is 3.00. The van der Waals surface area contributed by atoms with E-state index in [-0.39, 0.29) is 0 Å². The molecule has 1 heterocycles. The van der Waals surface area contributed by atoms with Crippen LogP contribution in [0.3, 0.4) is 0 Å². The Labute approximate surface area is 83.6 Å². The first-order valence-electron chi connectivity index (χ1n) is 5.42. The summed E-state index contributed by atoms with van der Waals surface area (Å²) in [7, 11) is 0. The Morgan fingerprint density at radius 2 is 2.14 bits per heavy atom. The Morgan fingerprint density at radius 3 is 2.57 bits per heavy atom. The van der Waals surface area contributed by atoms with Crippen molar-refractivity contribution in [2.24, 2.45) is 5.41 Å². The van der Waals surface area contributed by atoms with Crippen LogP contribution in [0.2, 0.25) is 0 Å². The van der Waals surface area contributed by atoms with Crippen LogP contribution >= 0.6 is 0 Å². The number of hydrogen-bond donors (Lipinski definition) is 1. The molecule has 0 saturated heterocycles. The van der Waals surface area contributed by atoms with E-state index in [1.165, 1.54) is 32.1 Å². The molecule has 0 bridgehead atoms. The number of anilines is 1. The van der Waals surface area contributed by atoms with Gasteiger partial charge in [0.25, 0.3) is 0 Å². The van der Waals surface area contributed by atoms with E-state index in [2.05, 4.69) is 5.16 Å². The molecule has 0 aliphatic heterocycles. The predicted molar refractivity (Wildman–Crippen MR) is 53.9 cm³/mol. The SMILES string of the molecule is Cc1c(N)noc1C1CC2(CCC2)C1. The highest BCUT2D eigenvalue weighted by molar-refractivity contribution is 5.41. The standard InChI is InChI=1S/C11H16N2O/c1-7-9(14-13-10(7)12)8-5-11(6-8)3-2-4-11/h8H,2-6H2,1H3,(H2,12,13). The van der Waals surface area contributed by atoms with Gasteiger partial charge in [-0.2, -0.15) is 0 Å². The average Bonchev–Trinajstić information content (AvgIpc) is 2.30. The third kappa shape index (κ3) is 0.954. The number of nitrogen functional groups attached to an aromatic ring is 1. The molecule has 1 aromatic heterocycles. The van der Waals surface area contributed by atoms with Crippen LogP contribution in [0, 0.1) is 12.3 Å². The summed E-state index contributed by atoms with van der Waals surface area (Å²) in [5, 5.41) is 3.81. The first kappa shape index (κ1) is 8.33. The van der Waals surface area contributed by atoms with Crippen molar-refractivity contribution in [2.45, 2.75) is 44.9 Å². The molecular formula is C11H16N2O. The molecule has 0 amide bonds. The molecule has 2 N–H and O–H groups in total. The van der Waals surface area contributed by atoms with E-state index >= 15 is 0 Å². The molecule has 2 aliphatic rings. The number of nitrogens with two attached hydrogens (primary N) is 1. The molecule has 0 atom stereocenters. The summed E-state index contributed by atoms with van der Waals surface area (Å²) in [4.78, 5) is 0. The third-order valence-corrected chi connectivity index (χ3v) is 4.14. The second kappa shape index (κ2) is 2.53. The van der Waals surface area contributed by atoms with Crippen LogP contribution in [0.5, 0.6) is 0 Å². The quantitative estimate of drug-likeness (QED) is 0.744. The van der Waals surface area contributed by atoms with Gasteiger partial charge in [0.15, 0.2) is 5.82 Å². The Balaban J connectivity index is 1.76. The van der Waals surface area contributed by atoms with Crippen LogP contribution in [0.15, 0.2) is 4.52 Å². The molecule has 1 aromatic rings. The highest BCUT2D eigenvalue weighted by Crippen LogP contribution is 2.62. The van der Waals surface area contributed by atoms with Gasteiger partial charge in [0.05, 0.1) is 0 Å². The molecule has 2 fully saturated rings. The minimum Gasteiger partial charge on any atom is -0.381 e. The highest BCUT2D eigenvalue weighted by Gasteiger charge is 2.50. The van der Waals surface area contributed by atoms with Gasteiger partial charge in [-0.05, 0) is 38.0 Å². The predicted octanol–water partition coefficient (Wildman–Crippen LogP) is 2.61. The molecule has 0 unspecified atom stereocenters. The number of nitrogens with zero attached hydrogens (tertiary/aromatic N) is 1. The molecule has 2 saturated carbocycles. The Hall–Kier alpha value is -0.990. The third-order valence-electron chi connectivity index (χ3n) is 4.14. The highest BCUT2D eigenvalue weighted by atomic mass is 16.5. The summed E-state index contributed by atoms with van der Waals surface area (Å²) >= 11 is 0. The first-order chi connectivity index (χ1) is 6.70. The first-order valence-corrected chi connectivity index (χ1v) is 5.42. The maximum atomic E-state index is 5.67. The van der Waals surface area contributed by atoms with E-state index in [0.29, 0.717) is 17.2 Å². The lowest BCUT2D eigenvalue weighted by molar-refractivity contribution is -0.0000720. The van der Waals surface area contributed by atoms with Gasteiger partial charge >= 0.3 is 0 Å². The summed E-state index contributed by atoms with van der Waals surface area (Å²) in [6.07, 6.45) is 6.85. The summed E-state index contributed by atoms with van der Waals surface area (Å²) in [5.41, 5.74) is 7.42. The molecule has 76 valence electrons. The van der Waals surface area contributed by atoms with Crippen molar-refractivity contribution in [1.29, 1.82) is 0 Å². The minimum absolute atomic E-state index is 0.564. The number of hydrogen-bond acceptors (Lipinski definition) is 3. The van der Waals surface area contributed by atoms with Crippen molar-refractivity contribution < 1.29 is 4.52 Å². The zero-order valence-corrected chi connectivity index (χ0v) is 8.55. The maximum absolute atomic E-state index is 5.67. The molecule has 3 nitrogen and oxygen atoms in total. The van der Waals surface area contributed by atoms with Gasteiger partial charge in [-0.15, -0.1) is 0 Å². The lowest BCUT2D eigenvalue weighted by Gasteiger charge is -2.53. The normalized spacial score (nSPS) is 24.6. The van der Waals surface area contributed by atoms with Crippen LogP contribution in [-0.2, 0) is 0 Å². The zero-order valence-electron chi connectivity index (χ0n) is 8.55. The Bertz CT molecular complexity index is 357. The van der Waals surface area contributed by atoms with Crippen molar-refractivity contribution in [1.82, 2.24) is 5.16 Å². The van der Waals surface area contributed by atoms with E-state index in [0.717, 1.165) is 11.3 Å². The van der Waals surface area contributed by atoms with Gasteiger partial charge in [0, 0.05) is 11.5 Å². The van der Waals surface area contributed by atoms with E-state index in [9.17, 15) is 0 Å². The van der Waals surface area contributed by atoms with E-state index in [1.54, 1.807) is 0 Å². The number of rotatable bonds is 1. The van der Waals surface area contributed by atoms with Crippen LogP contribution < -0.4 is 5.73 Å². The van der Waals surface area contributed by atoms with Gasteiger partial charge in [0.2, 0.25) is 0 Å². The largest absolute Gasteiger partial charge is 0.381 e. The van der Waals surface area contributed by atoms with Crippen LogP contribution in [0.4, 0.5) is 5.82 Å². The maximum Gasteiger partial charge on any atom is 0.170 e. The van der Waals surface area contributed by atoms with Crippen molar-refractivity contribution >= 4 is 5.82 Å². The zero-order chi connectivity index (χ0) is 9.76. The lowest BCUT2D eigenvalue weighted by atomic mass is 9.51. The van der Waals surface area contributed by atoms with Crippen molar-refractivity contribution in [3.8, 4) is 0 Å². The summed E-state index contributed by atoms with van der Waals surface area (Å²) in [6, 6.07) is 0. The molecule has 3 rings (SSSR count). The van der Waals surface area contributed by atoms with Gasteiger partial charge in [-0.25, -0.2) is 0 Å². The summed E-state index contributed by atoms with van der Waals surface area (Å²) < 4.78 is 5.29. The van der Waals surface area contributed by atoms with Crippen LogP contribution in [0.1, 0.15) is 49.3 Å². The molecule has 0 aromatic carbocycles. The average molecular weight is 192 g/mol. The van der Waals surface area contributed by atoms with Gasteiger partial charge in [0.1, 0.15) is 5.76 Å². The smallest absolute Gasteiger partial charge is 0.170 e. The Morgan fingerprint density at radius 1 is 1.43 bits per heavy atom. The van der Waals surface area contributed by atoms with Crippen molar-refractivity contribution in [3.63, 3.8) is 0 Å². The van der Waals surface area contributed by atoms with Crippen LogP contribution in [0.25, 0.3) is 0 Å². The van der Waals surface area contributed by atoms with Crippen LogP contribution in [-0.4, -0.2) is 5.16 Å². The van der Waals surface area contributed by atoms with Crippen molar-refractivity contribution in [3.05, 3.63) is 11.3 Å². The molecule has 2 aliphatic carbocycles. The second-order valence-corrected chi connectivity index (χ2v) is 5.02. The fourth-order valence-electron chi connectivity index (χ4n) is 3.00. The van der Waals surface area contributed by atoms with E-state index in [1.807, 2.05) is 6.92 Å². The molecule has 1 spiro atoms. The Kier molecular flexibility index (Phi) is 1.50. The molecule has 3 heteroatoms. The minimum atomic E-state index is 0.564. The van der Waals surface area contributed by atoms with E-state index < -0.39 is 0 Å². The summed E-state index contributed by atoms with van der Waals surface area (Å²) in [6.45, 7) is 2.01. The molecule has 0 radical (unpaired) electrons. The second-order valence-electron chi connectivity index (χ2n) is 5.02.